The van der Waals surface area contributed by atoms with Gasteiger partial charge in [0.25, 0.3) is 0 Å². The summed E-state index contributed by atoms with van der Waals surface area (Å²) in [5.41, 5.74) is 2.78. The molecule has 0 aromatic carbocycles. The Morgan fingerprint density at radius 1 is 1.11 bits per heavy atom. The van der Waals surface area contributed by atoms with Gasteiger partial charge in [-0.05, 0) is 25.7 Å². The molecule has 2 aliphatic rings. The topological polar surface area (TPSA) is 64.8 Å². The number of aryl methyl sites for hydroxylation is 1. The van der Waals surface area contributed by atoms with Crippen molar-refractivity contribution in [1.82, 2.24) is 15.3 Å². The minimum absolute atomic E-state index is 0.591. The van der Waals surface area contributed by atoms with Crippen LogP contribution in [0.5, 0.6) is 0 Å². The van der Waals surface area contributed by atoms with Gasteiger partial charge in [-0.3, -0.25) is 0 Å². The SMILES string of the molecule is N#Cc1nc(N2CCNCC2)nc2c1CCCC2. The number of nitrogens with one attached hydrogen (secondary N) is 1. The molecule has 1 saturated heterocycles. The predicted molar refractivity (Wildman–Crippen MR) is 68.5 cm³/mol. The van der Waals surface area contributed by atoms with Crippen LogP contribution >= 0.6 is 0 Å². The second kappa shape index (κ2) is 4.91. The quantitative estimate of drug-likeness (QED) is 0.784. The maximum absolute atomic E-state index is 9.25. The van der Waals surface area contributed by atoms with E-state index in [9.17, 15) is 5.26 Å². The van der Waals surface area contributed by atoms with Crippen LogP contribution in [0.15, 0.2) is 0 Å². The Balaban J connectivity index is 1.98. The Bertz CT molecular complexity index is 485. The summed E-state index contributed by atoms with van der Waals surface area (Å²) in [7, 11) is 0. The van der Waals surface area contributed by atoms with E-state index in [4.69, 9.17) is 0 Å². The molecule has 5 nitrogen and oxygen atoms in total. The minimum Gasteiger partial charge on any atom is -0.338 e. The van der Waals surface area contributed by atoms with E-state index in [1.54, 1.807) is 0 Å². The van der Waals surface area contributed by atoms with E-state index in [2.05, 4.69) is 26.3 Å². The van der Waals surface area contributed by atoms with E-state index < -0.39 is 0 Å². The molecule has 1 aromatic heterocycles. The highest BCUT2D eigenvalue weighted by Crippen LogP contribution is 2.24. The molecular formula is C13H17N5. The predicted octanol–water partition coefficient (Wildman–Crippen LogP) is 0.637. The smallest absolute Gasteiger partial charge is 0.226 e. The standard InChI is InChI=1S/C13H17N5/c14-9-12-10-3-1-2-4-11(10)16-13(17-12)18-7-5-15-6-8-18/h15H,1-8H2. The molecule has 94 valence electrons. The van der Waals surface area contributed by atoms with Crippen LogP contribution < -0.4 is 10.2 Å². The van der Waals surface area contributed by atoms with Crippen molar-refractivity contribution >= 4 is 5.95 Å². The lowest BCUT2D eigenvalue weighted by Crippen LogP contribution is -2.44. The van der Waals surface area contributed by atoms with Crippen molar-refractivity contribution in [3.05, 3.63) is 17.0 Å². The van der Waals surface area contributed by atoms with Crippen LogP contribution in [0.4, 0.5) is 5.95 Å². The van der Waals surface area contributed by atoms with E-state index in [0.29, 0.717) is 5.69 Å². The van der Waals surface area contributed by atoms with E-state index in [0.717, 1.165) is 62.6 Å². The summed E-state index contributed by atoms with van der Waals surface area (Å²) in [6, 6.07) is 2.24. The Kier molecular flexibility index (Phi) is 3.11. The number of nitriles is 1. The van der Waals surface area contributed by atoms with Gasteiger partial charge in [0.2, 0.25) is 5.95 Å². The third-order valence-electron chi connectivity index (χ3n) is 3.68. The number of fused-ring (bicyclic) bond motifs is 1. The van der Waals surface area contributed by atoms with Crippen LogP contribution in [0.1, 0.15) is 29.8 Å². The normalized spacial score (nSPS) is 19.2. The van der Waals surface area contributed by atoms with Crippen LogP contribution in [0.25, 0.3) is 0 Å². The molecule has 1 fully saturated rings. The van der Waals surface area contributed by atoms with Crippen LogP contribution in [0.2, 0.25) is 0 Å². The van der Waals surface area contributed by atoms with E-state index in [-0.39, 0.29) is 0 Å². The number of piperazine rings is 1. The van der Waals surface area contributed by atoms with Crippen molar-refractivity contribution < 1.29 is 0 Å². The molecule has 5 heteroatoms. The van der Waals surface area contributed by atoms with Gasteiger partial charge in [0.1, 0.15) is 11.8 Å². The molecule has 0 unspecified atom stereocenters. The van der Waals surface area contributed by atoms with E-state index >= 15 is 0 Å². The molecule has 1 aliphatic carbocycles. The van der Waals surface area contributed by atoms with Crippen LogP contribution in [-0.4, -0.2) is 36.1 Å². The number of hydrogen-bond acceptors (Lipinski definition) is 5. The number of aromatic nitrogens is 2. The van der Waals surface area contributed by atoms with Crippen LogP contribution in [0.3, 0.4) is 0 Å². The zero-order valence-electron chi connectivity index (χ0n) is 10.4. The highest BCUT2D eigenvalue weighted by Gasteiger charge is 2.20. The van der Waals surface area contributed by atoms with Gasteiger partial charge < -0.3 is 10.2 Å². The van der Waals surface area contributed by atoms with Gasteiger partial charge in [0.05, 0.1) is 5.69 Å². The molecular weight excluding hydrogens is 226 g/mol. The first-order chi connectivity index (χ1) is 8.88. The lowest BCUT2D eigenvalue weighted by atomic mass is 9.95. The average molecular weight is 243 g/mol. The molecule has 18 heavy (non-hydrogen) atoms. The van der Waals surface area contributed by atoms with Crippen molar-refractivity contribution in [1.29, 1.82) is 5.26 Å². The molecule has 3 rings (SSSR count). The van der Waals surface area contributed by atoms with Crippen molar-refractivity contribution in [3.63, 3.8) is 0 Å². The average Bonchev–Trinajstić information content (AvgIpc) is 2.47. The van der Waals surface area contributed by atoms with Gasteiger partial charge in [0.15, 0.2) is 0 Å². The van der Waals surface area contributed by atoms with Gasteiger partial charge in [-0.2, -0.15) is 5.26 Å². The molecule has 0 spiro atoms. The lowest BCUT2D eigenvalue weighted by molar-refractivity contribution is 0.574. The highest BCUT2D eigenvalue weighted by molar-refractivity contribution is 5.43. The largest absolute Gasteiger partial charge is 0.338 e. The third-order valence-corrected chi connectivity index (χ3v) is 3.68. The third kappa shape index (κ3) is 2.04. The molecule has 0 amide bonds. The van der Waals surface area contributed by atoms with Gasteiger partial charge in [-0.15, -0.1) is 0 Å². The zero-order chi connectivity index (χ0) is 12.4. The summed E-state index contributed by atoms with van der Waals surface area (Å²) in [6.45, 7) is 3.76. The van der Waals surface area contributed by atoms with Crippen molar-refractivity contribution in [2.75, 3.05) is 31.1 Å². The Hall–Kier alpha value is -1.67. The Morgan fingerprint density at radius 3 is 2.67 bits per heavy atom. The molecule has 0 saturated carbocycles. The van der Waals surface area contributed by atoms with Gasteiger partial charge in [0, 0.05) is 31.7 Å². The lowest BCUT2D eigenvalue weighted by Gasteiger charge is -2.28. The van der Waals surface area contributed by atoms with Gasteiger partial charge >= 0.3 is 0 Å². The number of nitrogens with zero attached hydrogens (tertiary/aromatic N) is 4. The molecule has 0 atom stereocenters. The minimum atomic E-state index is 0.591. The first-order valence-electron chi connectivity index (χ1n) is 6.64. The van der Waals surface area contributed by atoms with Crippen molar-refractivity contribution in [2.24, 2.45) is 0 Å². The molecule has 1 N–H and O–H groups in total. The molecule has 0 radical (unpaired) electrons. The Labute approximate surface area is 107 Å². The fraction of sp³-hybridized carbons (Fsp3) is 0.615. The number of rotatable bonds is 1. The van der Waals surface area contributed by atoms with Gasteiger partial charge in [-0.1, -0.05) is 0 Å². The van der Waals surface area contributed by atoms with E-state index in [1.165, 1.54) is 6.42 Å². The van der Waals surface area contributed by atoms with Crippen LogP contribution in [0, 0.1) is 11.3 Å². The Morgan fingerprint density at radius 2 is 1.89 bits per heavy atom. The first kappa shape index (κ1) is 11.4. The summed E-state index contributed by atoms with van der Waals surface area (Å²) in [5.74, 6) is 0.744. The summed E-state index contributed by atoms with van der Waals surface area (Å²) in [5, 5.41) is 12.6. The summed E-state index contributed by atoms with van der Waals surface area (Å²) >= 11 is 0. The van der Waals surface area contributed by atoms with Gasteiger partial charge in [-0.25, -0.2) is 9.97 Å². The molecule has 1 aromatic rings. The summed E-state index contributed by atoms with van der Waals surface area (Å²) in [4.78, 5) is 11.3. The summed E-state index contributed by atoms with van der Waals surface area (Å²) < 4.78 is 0. The van der Waals surface area contributed by atoms with Crippen LogP contribution in [-0.2, 0) is 12.8 Å². The molecule has 1 aliphatic heterocycles. The molecule has 2 heterocycles. The fourth-order valence-electron chi connectivity index (χ4n) is 2.68. The van der Waals surface area contributed by atoms with Crippen molar-refractivity contribution in [2.45, 2.75) is 25.7 Å². The second-order valence-corrected chi connectivity index (χ2v) is 4.85. The monoisotopic (exact) mass is 243 g/mol. The fourth-order valence-corrected chi connectivity index (χ4v) is 2.68. The molecule has 0 bridgehead atoms. The number of anilines is 1. The first-order valence-corrected chi connectivity index (χ1v) is 6.64. The maximum Gasteiger partial charge on any atom is 0.226 e. The van der Waals surface area contributed by atoms with Crippen molar-refractivity contribution in [3.8, 4) is 6.07 Å². The maximum atomic E-state index is 9.25. The summed E-state index contributed by atoms with van der Waals surface area (Å²) in [6.07, 6.45) is 4.28. The zero-order valence-corrected chi connectivity index (χ0v) is 10.4. The second-order valence-electron chi connectivity index (χ2n) is 4.85. The van der Waals surface area contributed by atoms with E-state index in [1.807, 2.05) is 0 Å². The highest BCUT2D eigenvalue weighted by atomic mass is 15.3. The number of hydrogen-bond donors (Lipinski definition) is 1.